The van der Waals surface area contributed by atoms with Crippen LogP contribution in [0.2, 0.25) is 0 Å². The average Bonchev–Trinajstić information content (AvgIpc) is 2.94. The van der Waals surface area contributed by atoms with Crippen LogP contribution in [0.5, 0.6) is 0 Å². The van der Waals surface area contributed by atoms with Crippen LogP contribution in [0.4, 0.5) is 0 Å². The Kier molecular flexibility index (Phi) is 5.26. The summed E-state index contributed by atoms with van der Waals surface area (Å²) in [5.41, 5.74) is 0.913. The van der Waals surface area contributed by atoms with E-state index in [4.69, 9.17) is 0 Å². The van der Waals surface area contributed by atoms with Crippen LogP contribution in [-0.2, 0) is 0 Å². The zero-order chi connectivity index (χ0) is 16.1. The number of rotatable bonds is 3. The molecule has 1 aromatic rings. The maximum absolute atomic E-state index is 12.6. The van der Waals surface area contributed by atoms with E-state index in [9.17, 15) is 9.59 Å². The molecule has 0 spiro atoms. The van der Waals surface area contributed by atoms with Crippen LogP contribution in [0.1, 0.15) is 72.2 Å². The number of carbonyl (C=O) groups excluding carboxylic acids is 2. The van der Waals surface area contributed by atoms with E-state index >= 15 is 0 Å². The standard InChI is InChI=1S/C18H25N3O2/c22-17(20-15-7-3-4-8-15)16-13-14(9-10-19-16)18(23)21-11-5-1-2-6-12-21/h9-10,13,15H,1-8,11-12H2,(H,20,22). The number of nitrogens with zero attached hydrogens (tertiary/aromatic N) is 2. The van der Waals surface area contributed by atoms with Gasteiger partial charge in [-0.25, -0.2) is 0 Å². The molecule has 1 N–H and O–H groups in total. The van der Waals surface area contributed by atoms with E-state index < -0.39 is 0 Å². The second-order valence-electron chi connectivity index (χ2n) is 6.59. The summed E-state index contributed by atoms with van der Waals surface area (Å²) in [7, 11) is 0. The third-order valence-electron chi connectivity index (χ3n) is 4.82. The maximum Gasteiger partial charge on any atom is 0.270 e. The van der Waals surface area contributed by atoms with E-state index in [-0.39, 0.29) is 17.9 Å². The normalized spacial score (nSPS) is 19.4. The molecule has 1 aliphatic carbocycles. The number of amides is 2. The lowest BCUT2D eigenvalue weighted by atomic mass is 10.1. The van der Waals surface area contributed by atoms with Crippen molar-refractivity contribution in [3.63, 3.8) is 0 Å². The van der Waals surface area contributed by atoms with Crippen molar-refractivity contribution in [2.24, 2.45) is 0 Å². The smallest absolute Gasteiger partial charge is 0.270 e. The summed E-state index contributed by atoms with van der Waals surface area (Å²) >= 11 is 0. The monoisotopic (exact) mass is 315 g/mol. The van der Waals surface area contributed by atoms with Gasteiger partial charge in [-0.3, -0.25) is 14.6 Å². The quantitative estimate of drug-likeness (QED) is 0.933. The lowest BCUT2D eigenvalue weighted by Gasteiger charge is -2.20. The minimum Gasteiger partial charge on any atom is -0.348 e. The Bertz CT molecular complexity index is 559. The van der Waals surface area contributed by atoms with E-state index in [2.05, 4.69) is 10.3 Å². The summed E-state index contributed by atoms with van der Waals surface area (Å²) < 4.78 is 0. The number of pyridine rings is 1. The first-order chi connectivity index (χ1) is 11.2. The molecule has 2 fully saturated rings. The first kappa shape index (κ1) is 16.0. The summed E-state index contributed by atoms with van der Waals surface area (Å²) in [6.07, 6.45) is 10.5. The van der Waals surface area contributed by atoms with Gasteiger partial charge in [0.1, 0.15) is 5.69 Å². The fourth-order valence-electron chi connectivity index (χ4n) is 3.47. The molecule has 1 aromatic heterocycles. The molecular weight excluding hydrogens is 290 g/mol. The molecule has 0 aromatic carbocycles. The summed E-state index contributed by atoms with van der Waals surface area (Å²) in [6, 6.07) is 3.60. The Morgan fingerprint density at radius 1 is 1.04 bits per heavy atom. The van der Waals surface area contributed by atoms with Crippen molar-refractivity contribution in [3.8, 4) is 0 Å². The Hall–Kier alpha value is -1.91. The van der Waals surface area contributed by atoms with Gasteiger partial charge in [0.05, 0.1) is 0 Å². The minimum absolute atomic E-state index is 0.0178. The topological polar surface area (TPSA) is 62.3 Å². The number of hydrogen-bond acceptors (Lipinski definition) is 3. The van der Waals surface area contributed by atoms with Crippen molar-refractivity contribution in [3.05, 3.63) is 29.6 Å². The fraction of sp³-hybridized carbons (Fsp3) is 0.611. The number of likely N-dealkylation sites (tertiary alicyclic amines) is 1. The van der Waals surface area contributed by atoms with Crippen LogP contribution in [0.3, 0.4) is 0 Å². The van der Waals surface area contributed by atoms with Gasteiger partial charge in [-0.2, -0.15) is 0 Å². The summed E-state index contributed by atoms with van der Waals surface area (Å²) in [6.45, 7) is 1.62. The van der Waals surface area contributed by atoms with Crippen LogP contribution >= 0.6 is 0 Å². The first-order valence-electron chi connectivity index (χ1n) is 8.80. The molecule has 2 aliphatic rings. The Morgan fingerprint density at radius 2 is 1.74 bits per heavy atom. The van der Waals surface area contributed by atoms with Gasteiger partial charge in [0.15, 0.2) is 0 Å². The lowest BCUT2D eigenvalue weighted by molar-refractivity contribution is 0.0761. The van der Waals surface area contributed by atoms with E-state index in [1.807, 2.05) is 4.90 Å². The second-order valence-corrected chi connectivity index (χ2v) is 6.59. The highest BCUT2D eigenvalue weighted by molar-refractivity contribution is 5.98. The van der Waals surface area contributed by atoms with Crippen LogP contribution in [-0.4, -0.2) is 40.8 Å². The summed E-state index contributed by atoms with van der Waals surface area (Å²) in [4.78, 5) is 31.0. The van der Waals surface area contributed by atoms with Crippen LogP contribution < -0.4 is 5.32 Å². The Morgan fingerprint density at radius 3 is 2.43 bits per heavy atom. The SMILES string of the molecule is O=C(NC1CCCC1)c1cc(C(=O)N2CCCCCC2)ccn1. The molecular formula is C18H25N3O2. The van der Waals surface area contributed by atoms with Crippen molar-refractivity contribution in [2.45, 2.75) is 57.4 Å². The molecule has 0 unspecified atom stereocenters. The molecule has 2 amide bonds. The van der Waals surface area contributed by atoms with Gasteiger partial charge in [-0.05, 0) is 37.8 Å². The van der Waals surface area contributed by atoms with Gasteiger partial charge < -0.3 is 10.2 Å². The van der Waals surface area contributed by atoms with E-state index in [0.717, 1.165) is 38.8 Å². The van der Waals surface area contributed by atoms with Crippen molar-refractivity contribution >= 4 is 11.8 Å². The molecule has 5 nitrogen and oxygen atoms in total. The highest BCUT2D eigenvalue weighted by Crippen LogP contribution is 2.18. The van der Waals surface area contributed by atoms with Gasteiger partial charge in [-0.1, -0.05) is 25.7 Å². The molecule has 3 rings (SSSR count). The highest BCUT2D eigenvalue weighted by Gasteiger charge is 2.21. The zero-order valence-electron chi connectivity index (χ0n) is 13.6. The fourth-order valence-corrected chi connectivity index (χ4v) is 3.47. The molecule has 1 saturated carbocycles. The minimum atomic E-state index is -0.164. The molecule has 124 valence electrons. The van der Waals surface area contributed by atoms with Gasteiger partial charge >= 0.3 is 0 Å². The predicted octanol–water partition coefficient (Wildman–Crippen LogP) is 2.77. The molecule has 0 bridgehead atoms. The second kappa shape index (κ2) is 7.57. The summed E-state index contributed by atoms with van der Waals surface area (Å²) in [5.74, 6) is -0.147. The van der Waals surface area contributed by atoms with Gasteiger partial charge in [0.25, 0.3) is 11.8 Å². The highest BCUT2D eigenvalue weighted by atomic mass is 16.2. The molecule has 2 heterocycles. The van der Waals surface area contributed by atoms with Gasteiger partial charge in [0.2, 0.25) is 0 Å². The average molecular weight is 315 g/mol. The number of aromatic nitrogens is 1. The molecule has 1 saturated heterocycles. The molecule has 0 atom stereocenters. The molecule has 1 aliphatic heterocycles. The first-order valence-corrected chi connectivity index (χ1v) is 8.80. The van der Waals surface area contributed by atoms with Crippen molar-refractivity contribution in [2.75, 3.05) is 13.1 Å². The van der Waals surface area contributed by atoms with E-state index in [1.165, 1.54) is 25.7 Å². The lowest BCUT2D eigenvalue weighted by Crippen LogP contribution is -2.34. The number of carbonyl (C=O) groups is 2. The van der Waals surface area contributed by atoms with E-state index in [1.54, 1.807) is 18.3 Å². The third-order valence-corrected chi connectivity index (χ3v) is 4.82. The third kappa shape index (κ3) is 4.09. The Labute approximate surface area is 137 Å². The molecule has 0 radical (unpaired) electrons. The van der Waals surface area contributed by atoms with Crippen LogP contribution in [0.25, 0.3) is 0 Å². The molecule has 23 heavy (non-hydrogen) atoms. The van der Waals surface area contributed by atoms with E-state index in [0.29, 0.717) is 11.3 Å². The predicted molar refractivity (Wildman–Crippen MR) is 88.3 cm³/mol. The summed E-state index contributed by atoms with van der Waals surface area (Å²) in [5, 5.41) is 3.02. The zero-order valence-corrected chi connectivity index (χ0v) is 13.6. The number of nitrogens with one attached hydrogen (secondary N) is 1. The largest absolute Gasteiger partial charge is 0.348 e. The van der Waals surface area contributed by atoms with Crippen molar-refractivity contribution < 1.29 is 9.59 Å². The van der Waals surface area contributed by atoms with Crippen LogP contribution in [0, 0.1) is 0 Å². The van der Waals surface area contributed by atoms with Crippen molar-refractivity contribution in [1.29, 1.82) is 0 Å². The Balaban J connectivity index is 1.68. The van der Waals surface area contributed by atoms with Crippen molar-refractivity contribution in [1.82, 2.24) is 15.2 Å². The molecule has 5 heteroatoms. The van der Waals surface area contributed by atoms with Crippen LogP contribution in [0.15, 0.2) is 18.3 Å². The van der Waals surface area contributed by atoms with Gasteiger partial charge in [-0.15, -0.1) is 0 Å². The maximum atomic E-state index is 12.6. The van der Waals surface area contributed by atoms with Gasteiger partial charge in [0, 0.05) is 30.9 Å². The number of hydrogen-bond donors (Lipinski definition) is 1.